The molecule has 0 aromatic heterocycles. The molecule has 0 aliphatic heterocycles. The van der Waals surface area contributed by atoms with Gasteiger partial charge in [-0.1, -0.05) is 26.0 Å². The first-order chi connectivity index (χ1) is 9.52. The Balaban J connectivity index is 2.31. The standard InChI is InChI=1S/C15H24N2O3/c1-11(2)9-12(10-18)17-15(19)7-8-20-14-6-4-3-5-13(14)16/h3-6,11-12,18H,7-10,16H2,1-2H3,(H,17,19). The van der Waals surface area contributed by atoms with Crippen LogP contribution in [-0.4, -0.2) is 30.3 Å². The Bertz CT molecular complexity index is 421. The number of hydrogen-bond donors (Lipinski definition) is 3. The molecule has 0 spiro atoms. The van der Waals surface area contributed by atoms with Gasteiger partial charge in [-0.25, -0.2) is 0 Å². The molecule has 5 nitrogen and oxygen atoms in total. The summed E-state index contributed by atoms with van der Waals surface area (Å²) >= 11 is 0. The number of rotatable bonds is 8. The second-order valence-corrected chi connectivity index (χ2v) is 5.21. The molecule has 0 saturated heterocycles. The number of aliphatic hydroxyl groups excluding tert-OH is 1. The van der Waals surface area contributed by atoms with Crippen LogP contribution in [0, 0.1) is 5.92 Å². The van der Waals surface area contributed by atoms with Crippen LogP contribution >= 0.6 is 0 Å². The number of anilines is 1. The SMILES string of the molecule is CC(C)CC(CO)NC(=O)CCOc1ccccc1N. The molecule has 0 aliphatic rings. The van der Waals surface area contributed by atoms with Gasteiger partial charge in [0.15, 0.2) is 0 Å². The first-order valence-corrected chi connectivity index (χ1v) is 6.90. The van der Waals surface area contributed by atoms with E-state index in [4.69, 9.17) is 10.5 Å². The molecule has 0 aliphatic carbocycles. The van der Waals surface area contributed by atoms with Crippen molar-refractivity contribution in [3.8, 4) is 5.75 Å². The van der Waals surface area contributed by atoms with Gasteiger partial charge < -0.3 is 20.9 Å². The van der Waals surface area contributed by atoms with Crippen LogP contribution in [0.5, 0.6) is 5.75 Å². The molecule has 0 heterocycles. The number of carbonyl (C=O) groups is 1. The zero-order chi connectivity index (χ0) is 15.0. The van der Waals surface area contributed by atoms with E-state index in [0.29, 0.717) is 17.4 Å². The number of amides is 1. The molecule has 0 fully saturated rings. The molecule has 0 bridgehead atoms. The summed E-state index contributed by atoms with van der Waals surface area (Å²) in [6.45, 7) is 4.32. The molecule has 0 radical (unpaired) electrons. The lowest BCUT2D eigenvalue weighted by Gasteiger charge is -2.18. The van der Waals surface area contributed by atoms with Crippen LogP contribution in [0.1, 0.15) is 26.7 Å². The fraction of sp³-hybridized carbons (Fsp3) is 0.533. The highest BCUT2D eigenvalue weighted by atomic mass is 16.5. The van der Waals surface area contributed by atoms with E-state index in [9.17, 15) is 9.90 Å². The van der Waals surface area contributed by atoms with Crippen molar-refractivity contribution in [2.45, 2.75) is 32.7 Å². The van der Waals surface area contributed by atoms with Gasteiger partial charge in [-0.3, -0.25) is 4.79 Å². The molecular weight excluding hydrogens is 256 g/mol. The summed E-state index contributed by atoms with van der Waals surface area (Å²) in [6.07, 6.45) is 0.998. The average Bonchev–Trinajstić information content (AvgIpc) is 2.39. The molecule has 1 amide bonds. The van der Waals surface area contributed by atoms with Crippen LogP contribution in [-0.2, 0) is 4.79 Å². The lowest BCUT2D eigenvalue weighted by molar-refractivity contribution is -0.122. The molecule has 1 atom stereocenters. The van der Waals surface area contributed by atoms with E-state index < -0.39 is 0 Å². The molecule has 1 aromatic carbocycles. The third-order valence-electron chi connectivity index (χ3n) is 2.85. The molecule has 1 rings (SSSR count). The van der Waals surface area contributed by atoms with Gasteiger partial charge in [-0.2, -0.15) is 0 Å². The molecule has 1 aromatic rings. The summed E-state index contributed by atoms with van der Waals surface area (Å²) in [5, 5.41) is 12.0. The van der Waals surface area contributed by atoms with Crippen molar-refractivity contribution in [3.05, 3.63) is 24.3 Å². The van der Waals surface area contributed by atoms with Gasteiger partial charge >= 0.3 is 0 Å². The van der Waals surface area contributed by atoms with Gasteiger partial charge in [0.1, 0.15) is 5.75 Å². The van der Waals surface area contributed by atoms with Gasteiger partial charge in [-0.15, -0.1) is 0 Å². The van der Waals surface area contributed by atoms with Crippen molar-refractivity contribution in [1.82, 2.24) is 5.32 Å². The van der Waals surface area contributed by atoms with Crippen LogP contribution in [0.3, 0.4) is 0 Å². The second-order valence-electron chi connectivity index (χ2n) is 5.21. The molecule has 1 unspecified atom stereocenters. The zero-order valence-electron chi connectivity index (χ0n) is 12.1. The lowest BCUT2D eigenvalue weighted by atomic mass is 10.0. The molecule has 0 saturated carbocycles. The van der Waals surface area contributed by atoms with E-state index in [0.717, 1.165) is 6.42 Å². The fourth-order valence-electron chi connectivity index (χ4n) is 1.91. The normalized spacial score (nSPS) is 12.2. The third-order valence-corrected chi connectivity index (χ3v) is 2.85. The first-order valence-electron chi connectivity index (χ1n) is 6.90. The fourth-order valence-corrected chi connectivity index (χ4v) is 1.91. The maximum atomic E-state index is 11.7. The van der Waals surface area contributed by atoms with Gasteiger partial charge in [0.2, 0.25) is 5.91 Å². The van der Waals surface area contributed by atoms with E-state index in [1.807, 2.05) is 12.1 Å². The van der Waals surface area contributed by atoms with E-state index in [2.05, 4.69) is 19.2 Å². The Kier molecular flexibility index (Phi) is 6.87. The number of hydrogen-bond acceptors (Lipinski definition) is 4. The van der Waals surface area contributed by atoms with Crippen LogP contribution < -0.4 is 15.8 Å². The van der Waals surface area contributed by atoms with Crippen molar-refractivity contribution in [2.24, 2.45) is 5.92 Å². The minimum Gasteiger partial charge on any atom is -0.491 e. The first kappa shape index (κ1) is 16.3. The van der Waals surface area contributed by atoms with Crippen molar-refractivity contribution in [3.63, 3.8) is 0 Å². The Labute approximate surface area is 120 Å². The highest BCUT2D eigenvalue weighted by Crippen LogP contribution is 2.19. The summed E-state index contributed by atoms with van der Waals surface area (Å²) in [5.74, 6) is 0.883. The van der Waals surface area contributed by atoms with Gasteiger partial charge in [0.25, 0.3) is 0 Å². The van der Waals surface area contributed by atoms with Gasteiger partial charge in [-0.05, 0) is 24.5 Å². The minimum atomic E-state index is -0.190. The highest BCUT2D eigenvalue weighted by molar-refractivity contribution is 5.76. The van der Waals surface area contributed by atoms with Crippen molar-refractivity contribution in [1.29, 1.82) is 0 Å². The van der Waals surface area contributed by atoms with Crippen molar-refractivity contribution < 1.29 is 14.6 Å². The number of nitrogens with one attached hydrogen (secondary N) is 1. The smallest absolute Gasteiger partial charge is 0.223 e. The van der Waals surface area contributed by atoms with Gasteiger partial charge in [0.05, 0.1) is 31.4 Å². The molecule has 4 N–H and O–H groups in total. The van der Waals surface area contributed by atoms with E-state index >= 15 is 0 Å². The van der Waals surface area contributed by atoms with E-state index in [1.54, 1.807) is 12.1 Å². The Hall–Kier alpha value is -1.75. The molecule has 20 heavy (non-hydrogen) atoms. The summed E-state index contributed by atoms with van der Waals surface area (Å²) in [4.78, 5) is 11.7. The predicted molar refractivity (Wildman–Crippen MR) is 79.4 cm³/mol. The number of carbonyl (C=O) groups excluding carboxylic acids is 1. The second kappa shape index (κ2) is 8.43. The zero-order valence-corrected chi connectivity index (χ0v) is 12.1. The number of aliphatic hydroxyl groups is 1. The number of benzene rings is 1. The summed E-state index contributed by atoms with van der Waals surface area (Å²) in [6, 6.07) is 6.98. The number of nitrogen functional groups attached to an aromatic ring is 1. The maximum absolute atomic E-state index is 11.7. The van der Waals surface area contributed by atoms with Gasteiger partial charge in [0, 0.05) is 0 Å². The van der Waals surface area contributed by atoms with E-state index in [1.165, 1.54) is 0 Å². The maximum Gasteiger partial charge on any atom is 0.223 e. The van der Waals surface area contributed by atoms with Crippen LogP contribution in [0.2, 0.25) is 0 Å². The van der Waals surface area contributed by atoms with Crippen LogP contribution in [0.4, 0.5) is 5.69 Å². The number of para-hydroxylation sites is 2. The quantitative estimate of drug-likeness (QED) is 0.631. The highest BCUT2D eigenvalue weighted by Gasteiger charge is 2.13. The third kappa shape index (κ3) is 5.93. The topological polar surface area (TPSA) is 84.6 Å². The van der Waals surface area contributed by atoms with E-state index in [-0.39, 0.29) is 31.6 Å². The Morgan fingerprint density at radius 1 is 1.40 bits per heavy atom. The largest absolute Gasteiger partial charge is 0.491 e. The lowest BCUT2D eigenvalue weighted by Crippen LogP contribution is -2.38. The van der Waals surface area contributed by atoms with Crippen LogP contribution in [0.25, 0.3) is 0 Å². The summed E-state index contributed by atoms with van der Waals surface area (Å²) in [5.41, 5.74) is 6.29. The molecule has 112 valence electrons. The number of ether oxygens (including phenoxy) is 1. The molecular formula is C15H24N2O3. The van der Waals surface area contributed by atoms with Crippen molar-refractivity contribution >= 4 is 11.6 Å². The Morgan fingerprint density at radius 3 is 2.70 bits per heavy atom. The van der Waals surface area contributed by atoms with Crippen LogP contribution in [0.15, 0.2) is 24.3 Å². The predicted octanol–water partition coefficient (Wildman–Crippen LogP) is 1.56. The summed E-state index contributed by atoms with van der Waals surface area (Å²) < 4.78 is 5.46. The monoisotopic (exact) mass is 280 g/mol. The minimum absolute atomic E-state index is 0.0452. The average molecular weight is 280 g/mol. The summed E-state index contributed by atoms with van der Waals surface area (Å²) in [7, 11) is 0. The number of nitrogens with two attached hydrogens (primary N) is 1. The van der Waals surface area contributed by atoms with Crippen molar-refractivity contribution in [2.75, 3.05) is 18.9 Å². The molecule has 5 heteroatoms. The Morgan fingerprint density at radius 2 is 2.10 bits per heavy atom.